The number of nitrogens with zero attached hydrogens (tertiary/aromatic N) is 6. The second-order valence-electron chi connectivity index (χ2n) is 11.7. The number of likely N-dealkylation sites (N-methyl/N-ethyl adjacent to an activating group) is 1. The number of nitrogens with one attached hydrogen (secondary N) is 3. The van der Waals surface area contributed by atoms with E-state index >= 15 is 0 Å². The molecule has 30 heteroatoms. The third-order valence-corrected chi connectivity index (χ3v) is 12.2. The van der Waals surface area contributed by atoms with Crippen molar-refractivity contribution in [1.29, 1.82) is 0 Å². The Labute approximate surface area is 304 Å². The van der Waals surface area contributed by atoms with E-state index in [9.17, 15) is 48.2 Å². The number of H-pyrrole nitrogens is 2. The number of ether oxygens (including phenoxy) is 2. The quantitative estimate of drug-likeness (QED) is 0.0656. The van der Waals surface area contributed by atoms with Crippen molar-refractivity contribution in [1.82, 2.24) is 34.4 Å². The molecule has 5 heterocycles. The normalized spacial score (nSPS) is 25.6. The number of anilines is 4. The first-order valence-electron chi connectivity index (χ1n) is 15.9. The topological polar surface area (TPSA) is 388 Å². The van der Waals surface area contributed by atoms with Crippen molar-refractivity contribution < 1.29 is 65.7 Å². The molecule has 3 aromatic heterocycles. The third-order valence-electron chi connectivity index (χ3n) is 7.97. The molecule has 0 spiro atoms. The minimum absolute atomic E-state index is 0.0245. The number of aliphatic hydroxyl groups is 2. The van der Waals surface area contributed by atoms with Crippen molar-refractivity contribution in [2.24, 2.45) is 0 Å². The molecule has 5 rings (SSSR count). The highest BCUT2D eigenvalue weighted by atomic mass is 31.3. The number of rotatable bonds is 17. The number of aliphatic hydroxyl groups excluding tert-OH is 2. The van der Waals surface area contributed by atoms with E-state index in [1.54, 1.807) is 16.7 Å². The summed E-state index contributed by atoms with van der Waals surface area (Å²) in [4.78, 5) is 75.1. The molecule has 0 amide bonds. The molecule has 0 saturated carbocycles. The second-order valence-corrected chi connectivity index (χ2v) is 16.4. The summed E-state index contributed by atoms with van der Waals surface area (Å²) in [7, 11) is -15.5. The number of phosphoric ester groups is 2. The Morgan fingerprint density at radius 1 is 1.00 bits per heavy atom. The van der Waals surface area contributed by atoms with Crippen molar-refractivity contribution in [3.63, 3.8) is 0 Å². The molecule has 302 valence electrons. The van der Waals surface area contributed by atoms with Crippen LogP contribution in [0.5, 0.6) is 0 Å². The minimum atomic E-state index is -5.88. The van der Waals surface area contributed by atoms with Gasteiger partial charge in [-0.1, -0.05) is 0 Å². The molecular formula is C24H40N11O16P3. The summed E-state index contributed by atoms with van der Waals surface area (Å²) in [6.07, 6.45) is -4.51. The fourth-order valence-electron chi connectivity index (χ4n) is 5.74. The Kier molecular flexibility index (Phi) is 13.0. The highest BCUT2D eigenvalue weighted by molar-refractivity contribution is 7.66. The van der Waals surface area contributed by atoms with Gasteiger partial charge in [0.25, 0.3) is 11.1 Å². The number of hydrogen-bond acceptors (Lipinski definition) is 21. The van der Waals surface area contributed by atoms with Gasteiger partial charge in [0, 0.05) is 39.6 Å². The molecule has 3 aromatic rings. The lowest BCUT2D eigenvalue weighted by Gasteiger charge is -2.43. The average molecular weight is 832 g/mol. The highest BCUT2D eigenvalue weighted by Crippen LogP contribution is 2.67. The van der Waals surface area contributed by atoms with Crippen LogP contribution < -0.4 is 32.8 Å². The first kappa shape index (κ1) is 41.8. The van der Waals surface area contributed by atoms with Crippen LogP contribution in [0.15, 0.2) is 15.9 Å². The Morgan fingerprint density at radius 2 is 1.65 bits per heavy atom. The van der Waals surface area contributed by atoms with Gasteiger partial charge in [0.15, 0.2) is 17.0 Å². The van der Waals surface area contributed by atoms with Crippen molar-refractivity contribution in [3.8, 4) is 0 Å². The molecule has 0 radical (unpaired) electrons. The number of nitrogen functional groups attached to an aromatic ring is 2. The lowest BCUT2D eigenvalue weighted by atomic mass is 10.2. The van der Waals surface area contributed by atoms with Gasteiger partial charge in [-0.25, -0.2) is 18.7 Å². The van der Waals surface area contributed by atoms with Crippen molar-refractivity contribution in [2.75, 3.05) is 74.7 Å². The van der Waals surface area contributed by atoms with Crippen molar-refractivity contribution in [2.45, 2.75) is 44.1 Å². The van der Waals surface area contributed by atoms with Gasteiger partial charge in [0.1, 0.15) is 24.2 Å². The average Bonchev–Trinajstić information content (AvgIpc) is 3.65. The van der Waals surface area contributed by atoms with Crippen LogP contribution in [-0.2, 0) is 40.8 Å². The summed E-state index contributed by atoms with van der Waals surface area (Å²) < 4.78 is 68.8. The van der Waals surface area contributed by atoms with Crippen LogP contribution >= 0.6 is 23.5 Å². The zero-order valence-electron chi connectivity index (χ0n) is 28.5. The maximum absolute atomic E-state index is 12.7. The van der Waals surface area contributed by atoms with E-state index in [1.807, 2.05) is 0 Å². The molecule has 0 bridgehead atoms. The summed E-state index contributed by atoms with van der Waals surface area (Å²) in [5, 5.41) is 22.8. The number of aromatic amines is 2. The monoisotopic (exact) mass is 831 g/mol. The fourth-order valence-corrected chi connectivity index (χ4v) is 9.28. The predicted octanol–water partition coefficient (Wildman–Crippen LogP) is -2.03. The predicted molar refractivity (Wildman–Crippen MR) is 185 cm³/mol. The van der Waals surface area contributed by atoms with E-state index in [0.29, 0.717) is 0 Å². The number of hydrogen-bond donors (Lipinski definition) is 10. The summed E-state index contributed by atoms with van der Waals surface area (Å²) >= 11 is 0. The maximum Gasteiger partial charge on any atom is 0.490 e. The molecule has 0 aromatic carbocycles. The summed E-state index contributed by atoms with van der Waals surface area (Å²) in [6.45, 7) is 0.378. The number of β-amino-alcohol motifs (C(OH)–C–C–N with tert-alkyl or cyclic N) is 1. The number of aromatic nitrogens is 6. The maximum atomic E-state index is 12.7. The third kappa shape index (κ3) is 10.1. The van der Waals surface area contributed by atoms with Crippen LogP contribution in [0.25, 0.3) is 11.2 Å². The van der Waals surface area contributed by atoms with Crippen molar-refractivity contribution in [3.05, 3.63) is 27.0 Å². The van der Waals surface area contributed by atoms with Crippen molar-refractivity contribution >= 4 is 58.0 Å². The molecule has 2 aliphatic heterocycles. The summed E-state index contributed by atoms with van der Waals surface area (Å²) in [5.41, 5.74) is 10.2. The molecule has 27 nitrogen and oxygen atoms in total. The number of phosphoric acid groups is 3. The van der Waals surface area contributed by atoms with E-state index in [-0.39, 0.29) is 73.8 Å². The SMILES string of the molecule is CCN(c1nc(N)[nH]c(=O)c1NC)C1CN(CCO)C[C@@H](COP(=O)(O)OP(=O)(O)OP(=O)(O)OCC2OC(n3cnc4c(=O)[nH]c(N)nc43)C[C@@H]2O)O1. The molecular weight excluding hydrogens is 791 g/mol. The number of imidazole rings is 1. The zero-order chi connectivity index (χ0) is 39.6. The number of fused-ring (bicyclic) bond motifs is 1. The van der Waals surface area contributed by atoms with E-state index in [0.717, 1.165) is 0 Å². The van der Waals surface area contributed by atoms with E-state index < -0.39 is 78.6 Å². The van der Waals surface area contributed by atoms with Gasteiger partial charge in [-0.3, -0.25) is 38.1 Å². The van der Waals surface area contributed by atoms with Crippen LogP contribution in [-0.4, -0.2) is 137 Å². The van der Waals surface area contributed by atoms with Crippen LogP contribution in [0.3, 0.4) is 0 Å². The van der Waals surface area contributed by atoms with Crippen LogP contribution in [0.2, 0.25) is 0 Å². The minimum Gasteiger partial charge on any atom is -0.395 e. The Balaban J connectivity index is 1.17. The first-order valence-corrected chi connectivity index (χ1v) is 20.4. The van der Waals surface area contributed by atoms with Gasteiger partial charge < -0.3 is 56.1 Å². The van der Waals surface area contributed by atoms with Gasteiger partial charge in [-0.15, -0.1) is 0 Å². The largest absolute Gasteiger partial charge is 0.490 e. The van der Waals surface area contributed by atoms with Gasteiger partial charge in [-0.05, 0) is 6.92 Å². The van der Waals surface area contributed by atoms with E-state index in [1.165, 1.54) is 17.9 Å². The van der Waals surface area contributed by atoms with Crippen LogP contribution in [0.4, 0.5) is 23.4 Å². The molecule has 0 aliphatic carbocycles. The molecule has 12 N–H and O–H groups in total. The van der Waals surface area contributed by atoms with Crippen LogP contribution in [0, 0.1) is 0 Å². The van der Waals surface area contributed by atoms with Crippen LogP contribution in [0.1, 0.15) is 19.6 Å². The van der Waals surface area contributed by atoms with Gasteiger partial charge in [-0.2, -0.15) is 18.6 Å². The zero-order valence-corrected chi connectivity index (χ0v) is 31.2. The first-order chi connectivity index (χ1) is 25.3. The summed E-state index contributed by atoms with van der Waals surface area (Å²) in [6, 6.07) is 0. The summed E-state index contributed by atoms with van der Waals surface area (Å²) in [5.74, 6) is -0.263. The standard InChI is InChI=1S/C24H40N11O16P3/c1-3-34(19-17(27-2)21(38)31-23(25)29-19)16-8-33(4-5-36)7-12(48-16)9-46-52(40,41)50-54(44,45)51-53(42,43)47-10-14-13(37)6-15(49-14)35-11-28-18-20(35)30-24(26)32-22(18)39/h11-16,27,36-37H,3-10H2,1-2H3,(H,40,41)(H,42,43)(H,44,45)(H3,25,29,31,38)(H3,26,30,32,39)/t12-,13-,14?,15?,16?/m0/s1. The molecule has 54 heavy (non-hydrogen) atoms. The Bertz CT molecular complexity index is 2070. The molecule has 8 atom stereocenters. The number of nitrogens with two attached hydrogens (primary N) is 2. The lowest BCUT2D eigenvalue weighted by molar-refractivity contribution is -0.103. The van der Waals surface area contributed by atoms with E-state index in [2.05, 4.69) is 38.9 Å². The highest BCUT2D eigenvalue weighted by Gasteiger charge is 2.45. The van der Waals surface area contributed by atoms with E-state index in [4.69, 9.17) is 30.0 Å². The van der Waals surface area contributed by atoms with Gasteiger partial charge >= 0.3 is 23.5 Å². The molecule has 2 fully saturated rings. The van der Waals surface area contributed by atoms with Gasteiger partial charge in [0.2, 0.25) is 11.9 Å². The fraction of sp³-hybridized carbons (Fsp3) is 0.625. The molecule has 2 saturated heterocycles. The molecule has 2 aliphatic rings. The Morgan fingerprint density at radius 3 is 2.30 bits per heavy atom. The smallest absolute Gasteiger partial charge is 0.395 e. The lowest BCUT2D eigenvalue weighted by Crippen LogP contribution is -2.56. The Hall–Kier alpha value is -3.36. The molecule has 6 unspecified atom stereocenters. The number of morpholine rings is 1. The van der Waals surface area contributed by atoms with Gasteiger partial charge in [0.05, 0.1) is 38.4 Å². The second kappa shape index (κ2) is 16.8.